The first kappa shape index (κ1) is 13.8. The standard InChI is InChI=1S/C14H18N4O3/c1-10-16-14(17-21-10)12-5-2-6-18(12)9-13(19)15-8-11-4-3-7-20-11/h3-4,7,12H,2,5-6,8-9H2,1H3,(H,15,19)/t12-/m0/s1. The Morgan fingerprint density at radius 1 is 1.57 bits per heavy atom. The van der Waals surface area contributed by atoms with Crippen LogP contribution in [0.3, 0.4) is 0 Å². The molecule has 0 bridgehead atoms. The van der Waals surface area contributed by atoms with Crippen LogP contribution in [0.2, 0.25) is 0 Å². The molecule has 0 spiro atoms. The molecule has 2 aromatic heterocycles. The molecular formula is C14H18N4O3. The van der Waals surface area contributed by atoms with Crippen molar-refractivity contribution < 1.29 is 13.7 Å². The van der Waals surface area contributed by atoms with E-state index in [1.54, 1.807) is 19.3 Å². The highest BCUT2D eigenvalue weighted by atomic mass is 16.5. The zero-order chi connectivity index (χ0) is 14.7. The summed E-state index contributed by atoms with van der Waals surface area (Å²) in [5.74, 6) is 1.94. The van der Waals surface area contributed by atoms with Gasteiger partial charge in [-0.25, -0.2) is 0 Å². The summed E-state index contributed by atoms with van der Waals surface area (Å²) < 4.78 is 10.2. The molecular weight excluding hydrogens is 272 g/mol. The van der Waals surface area contributed by atoms with Gasteiger partial charge < -0.3 is 14.3 Å². The zero-order valence-electron chi connectivity index (χ0n) is 11.9. The Bertz CT molecular complexity index is 593. The van der Waals surface area contributed by atoms with Crippen LogP contribution in [0.25, 0.3) is 0 Å². The van der Waals surface area contributed by atoms with Gasteiger partial charge in [0.1, 0.15) is 5.76 Å². The van der Waals surface area contributed by atoms with Crippen molar-refractivity contribution in [2.24, 2.45) is 0 Å². The first-order valence-electron chi connectivity index (χ1n) is 7.06. The second kappa shape index (κ2) is 6.09. The van der Waals surface area contributed by atoms with Crippen molar-refractivity contribution in [2.75, 3.05) is 13.1 Å². The number of amides is 1. The van der Waals surface area contributed by atoms with E-state index in [-0.39, 0.29) is 11.9 Å². The van der Waals surface area contributed by atoms with Crippen molar-refractivity contribution in [3.05, 3.63) is 35.9 Å². The largest absolute Gasteiger partial charge is 0.467 e. The number of hydrogen-bond donors (Lipinski definition) is 1. The minimum absolute atomic E-state index is 0.0292. The number of hydrogen-bond acceptors (Lipinski definition) is 6. The normalized spacial score (nSPS) is 19.0. The highest BCUT2D eigenvalue weighted by Gasteiger charge is 2.30. The molecule has 7 heteroatoms. The second-order valence-corrected chi connectivity index (χ2v) is 5.16. The number of carbonyl (C=O) groups is 1. The summed E-state index contributed by atoms with van der Waals surface area (Å²) in [6, 6.07) is 3.70. The van der Waals surface area contributed by atoms with Crippen molar-refractivity contribution in [3.8, 4) is 0 Å². The maximum Gasteiger partial charge on any atom is 0.234 e. The van der Waals surface area contributed by atoms with Crippen LogP contribution >= 0.6 is 0 Å². The van der Waals surface area contributed by atoms with Crippen molar-refractivity contribution >= 4 is 5.91 Å². The number of carbonyl (C=O) groups excluding carboxylic acids is 1. The topological polar surface area (TPSA) is 84.4 Å². The van der Waals surface area contributed by atoms with E-state index >= 15 is 0 Å². The van der Waals surface area contributed by atoms with Crippen molar-refractivity contribution in [1.82, 2.24) is 20.4 Å². The minimum Gasteiger partial charge on any atom is -0.467 e. The molecule has 1 saturated heterocycles. The summed E-state index contributed by atoms with van der Waals surface area (Å²) in [4.78, 5) is 18.4. The fourth-order valence-electron chi connectivity index (χ4n) is 2.60. The number of nitrogens with one attached hydrogen (secondary N) is 1. The molecule has 3 rings (SSSR count). The summed E-state index contributed by atoms with van der Waals surface area (Å²) in [5, 5.41) is 6.82. The Morgan fingerprint density at radius 2 is 2.48 bits per heavy atom. The quantitative estimate of drug-likeness (QED) is 0.896. The Morgan fingerprint density at radius 3 is 3.19 bits per heavy atom. The highest BCUT2D eigenvalue weighted by molar-refractivity contribution is 5.78. The van der Waals surface area contributed by atoms with E-state index in [0.717, 1.165) is 25.1 Å². The maximum atomic E-state index is 12.0. The smallest absolute Gasteiger partial charge is 0.234 e. The van der Waals surface area contributed by atoms with Gasteiger partial charge in [0, 0.05) is 6.92 Å². The summed E-state index contributed by atoms with van der Waals surface area (Å²) in [5.41, 5.74) is 0. The van der Waals surface area contributed by atoms with Crippen LogP contribution in [-0.4, -0.2) is 34.0 Å². The molecule has 0 radical (unpaired) electrons. The van der Waals surface area contributed by atoms with Gasteiger partial charge in [0.2, 0.25) is 11.8 Å². The van der Waals surface area contributed by atoms with Gasteiger partial charge in [-0.1, -0.05) is 5.16 Å². The fourth-order valence-corrected chi connectivity index (χ4v) is 2.60. The number of likely N-dealkylation sites (tertiary alicyclic amines) is 1. The Hall–Kier alpha value is -2.15. The average Bonchev–Trinajstić information content (AvgIpc) is 3.17. The monoisotopic (exact) mass is 290 g/mol. The lowest BCUT2D eigenvalue weighted by Crippen LogP contribution is -2.36. The fraction of sp³-hybridized carbons (Fsp3) is 0.500. The number of aromatic nitrogens is 2. The van der Waals surface area contributed by atoms with Gasteiger partial charge in [0.05, 0.1) is 25.4 Å². The van der Waals surface area contributed by atoms with E-state index in [1.807, 2.05) is 6.07 Å². The van der Waals surface area contributed by atoms with E-state index < -0.39 is 0 Å². The van der Waals surface area contributed by atoms with Crippen LogP contribution < -0.4 is 5.32 Å². The Labute approximate surface area is 122 Å². The lowest BCUT2D eigenvalue weighted by molar-refractivity contribution is -0.122. The minimum atomic E-state index is -0.0292. The van der Waals surface area contributed by atoms with Gasteiger partial charge in [-0.15, -0.1) is 0 Å². The molecule has 7 nitrogen and oxygen atoms in total. The molecule has 0 aliphatic carbocycles. The molecule has 21 heavy (non-hydrogen) atoms. The molecule has 2 aromatic rings. The lowest BCUT2D eigenvalue weighted by Gasteiger charge is -2.20. The highest BCUT2D eigenvalue weighted by Crippen LogP contribution is 2.29. The number of nitrogens with zero attached hydrogens (tertiary/aromatic N) is 3. The van der Waals surface area contributed by atoms with Gasteiger partial charge in [-0.05, 0) is 31.5 Å². The van der Waals surface area contributed by atoms with Gasteiger partial charge in [0.25, 0.3) is 0 Å². The van der Waals surface area contributed by atoms with Crippen molar-refractivity contribution in [2.45, 2.75) is 32.4 Å². The lowest BCUT2D eigenvalue weighted by atomic mass is 10.2. The average molecular weight is 290 g/mol. The van der Waals surface area contributed by atoms with Crippen LogP contribution in [0.1, 0.15) is 36.4 Å². The SMILES string of the molecule is Cc1nc([C@@H]2CCCN2CC(=O)NCc2ccco2)no1. The predicted molar refractivity (Wildman–Crippen MR) is 73.1 cm³/mol. The molecule has 1 aliphatic rings. The zero-order valence-corrected chi connectivity index (χ0v) is 11.9. The van der Waals surface area contributed by atoms with Gasteiger partial charge in [-0.2, -0.15) is 4.98 Å². The molecule has 0 aromatic carbocycles. The molecule has 1 fully saturated rings. The molecule has 1 atom stereocenters. The first-order chi connectivity index (χ1) is 10.2. The number of furan rings is 1. The molecule has 1 amide bonds. The predicted octanol–water partition coefficient (Wildman–Crippen LogP) is 1.42. The maximum absolute atomic E-state index is 12.0. The second-order valence-electron chi connectivity index (χ2n) is 5.16. The molecule has 3 heterocycles. The van der Waals surface area contributed by atoms with Crippen LogP contribution in [0, 0.1) is 6.92 Å². The van der Waals surface area contributed by atoms with Crippen LogP contribution in [0.5, 0.6) is 0 Å². The summed E-state index contributed by atoms with van der Waals surface area (Å²) in [7, 11) is 0. The van der Waals surface area contributed by atoms with Crippen LogP contribution in [-0.2, 0) is 11.3 Å². The van der Waals surface area contributed by atoms with E-state index in [2.05, 4.69) is 20.4 Å². The Balaban J connectivity index is 1.54. The molecule has 1 aliphatic heterocycles. The van der Waals surface area contributed by atoms with E-state index in [9.17, 15) is 4.79 Å². The third kappa shape index (κ3) is 3.30. The van der Waals surface area contributed by atoms with E-state index in [0.29, 0.717) is 24.8 Å². The summed E-state index contributed by atoms with van der Waals surface area (Å²) in [6.07, 6.45) is 3.57. The van der Waals surface area contributed by atoms with Gasteiger partial charge in [-0.3, -0.25) is 9.69 Å². The van der Waals surface area contributed by atoms with Crippen LogP contribution in [0.15, 0.2) is 27.3 Å². The Kier molecular flexibility index (Phi) is 4.01. The molecule has 1 N–H and O–H groups in total. The van der Waals surface area contributed by atoms with E-state index in [1.165, 1.54) is 0 Å². The van der Waals surface area contributed by atoms with Gasteiger partial charge in [0.15, 0.2) is 5.82 Å². The molecule has 112 valence electrons. The van der Waals surface area contributed by atoms with Crippen molar-refractivity contribution in [3.63, 3.8) is 0 Å². The number of rotatable bonds is 5. The molecule has 0 saturated carbocycles. The summed E-state index contributed by atoms with van der Waals surface area (Å²) in [6.45, 7) is 3.38. The van der Waals surface area contributed by atoms with Crippen LogP contribution in [0.4, 0.5) is 0 Å². The summed E-state index contributed by atoms with van der Waals surface area (Å²) >= 11 is 0. The third-order valence-corrected chi connectivity index (χ3v) is 3.59. The first-order valence-corrected chi connectivity index (χ1v) is 7.06. The van der Waals surface area contributed by atoms with Crippen molar-refractivity contribution in [1.29, 1.82) is 0 Å². The van der Waals surface area contributed by atoms with Gasteiger partial charge >= 0.3 is 0 Å². The number of aryl methyl sites for hydroxylation is 1. The van der Waals surface area contributed by atoms with E-state index in [4.69, 9.17) is 8.94 Å². The molecule has 0 unspecified atom stereocenters. The third-order valence-electron chi connectivity index (χ3n) is 3.59.